The molecule has 0 atom stereocenters. The SMILES string of the molecule is CC1(O)CCN(C(=O)Nc2nc3c(OC(F)F)ncc(N4CCOCC4)c3s2)CC1. The van der Waals surface area contributed by atoms with E-state index in [1.54, 1.807) is 11.8 Å². The molecule has 2 fully saturated rings. The Morgan fingerprint density at radius 2 is 2.03 bits per heavy atom. The van der Waals surface area contributed by atoms with Crippen LogP contribution < -0.4 is 15.0 Å². The quantitative estimate of drug-likeness (QED) is 0.749. The number of fused-ring (bicyclic) bond motifs is 1. The lowest BCUT2D eigenvalue weighted by molar-refractivity contribution is -0.0518. The van der Waals surface area contributed by atoms with Crippen LogP contribution in [0.2, 0.25) is 0 Å². The van der Waals surface area contributed by atoms with Gasteiger partial charge in [-0.2, -0.15) is 8.78 Å². The Morgan fingerprint density at radius 3 is 2.70 bits per heavy atom. The van der Waals surface area contributed by atoms with E-state index < -0.39 is 12.2 Å². The fourth-order valence-corrected chi connectivity index (χ4v) is 4.48. The van der Waals surface area contributed by atoms with Crippen LogP contribution in [0, 0.1) is 0 Å². The maximum absolute atomic E-state index is 12.8. The molecule has 30 heavy (non-hydrogen) atoms. The first-order valence-corrected chi connectivity index (χ1v) is 10.5. The first kappa shape index (κ1) is 20.9. The number of aromatic nitrogens is 2. The highest BCUT2D eigenvalue weighted by Crippen LogP contribution is 2.39. The number of nitrogens with zero attached hydrogens (tertiary/aromatic N) is 4. The van der Waals surface area contributed by atoms with Crippen molar-refractivity contribution < 1.29 is 28.2 Å². The topological polar surface area (TPSA) is 100 Å². The minimum absolute atomic E-state index is 0.182. The number of hydrogen-bond acceptors (Lipinski definition) is 8. The molecule has 0 unspecified atom stereocenters. The van der Waals surface area contributed by atoms with Crippen molar-refractivity contribution in [3.8, 4) is 5.88 Å². The summed E-state index contributed by atoms with van der Waals surface area (Å²) in [5.41, 5.74) is 0.149. The molecule has 0 saturated carbocycles. The Bertz CT molecular complexity index is 909. The van der Waals surface area contributed by atoms with Gasteiger partial charge in [-0.05, 0) is 19.8 Å². The van der Waals surface area contributed by atoms with Gasteiger partial charge in [0.05, 0.1) is 35.4 Å². The summed E-state index contributed by atoms with van der Waals surface area (Å²) in [6.45, 7) is 1.94. The molecule has 4 heterocycles. The number of likely N-dealkylation sites (tertiary alicyclic amines) is 1. The van der Waals surface area contributed by atoms with E-state index >= 15 is 0 Å². The maximum Gasteiger partial charge on any atom is 0.388 e. The summed E-state index contributed by atoms with van der Waals surface area (Å²) in [6.07, 6.45) is 2.46. The molecule has 2 aliphatic rings. The van der Waals surface area contributed by atoms with E-state index in [4.69, 9.17) is 4.74 Å². The van der Waals surface area contributed by atoms with Gasteiger partial charge in [0, 0.05) is 26.2 Å². The van der Waals surface area contributed by atoms with E-state index in [0.29, 0.717) is 56.9 Å². The number of aliphatic hydroxyl groups is 1. The number of halogens is 2. The van der Waals surface area contributed by atoms with Crippen molar-refractivity contribution in [2.75, 3.05) is 49.6 Å². The second kappa shape index (κ2) is 8.44. The number of rotatable bonds is 4. The van der Waals surface area contributed by atoms with Crippen LogP contribution in [0.4, 0.5) is 24.4 Å². The van der Waals surface area contributed by atoms with Crippen LogP contribution in [0.15, 0.2) is 6.20 Å². The average Bonchev–Trinajstić information content (AvgIpc) is 3.12. The lowest BCUT2D eigenvalue weighted by Gasteiger charge is -2.35. The van der Waals surface area contributed by atoms with Crippen molar-refractivity contribution in [1.82, 2.24) is 14.9 Å². The number of anilines is 2. The van der Waals surface area contributed by atoms with Crippen LogP contribution in [0.3, 0.4) is 0 Å². The first-order chi connectivity index (χ1) is 14.3. The van der Waals surface area contributed by atoms with E-state index in [0.717, 1.165) is 5.69 Å². The fraction of sp³-hybridized carbons (Fsp3) is 0.611. The molecule has 9 nitrogen and oxygen atoms in total. The number of carbonyl (C=O) groups is 1. The molecule has 0 spiro atoms. The van der Waals surface area contributed by atoms with E-state index in [9.17, 15) is 18.7 Å². The molecule has 2 N–H and O–H groups in total. The standard InChI is InChI=1S/C18H23F2N5O4S/c1-18(27)2-4-25(5-3-18)17(26)23-16-22-12-13(30-16)11(24-6-8-28-9-7-24)10-21-14(12)29-15(19)20/h10,15,27H,2-9H2,1H3,(H,22,23,26). The van der Waals surface area contributed by atoms with E-state index in [-0.39, 0.29) is 22.6 Å². The van der Waals surface area contributed by atoms with Crippen LogP contribution in [0.1, 0.15) is 19.8 Å². The van der Waals surface area contributed by atoms with Gasteiger partial charge in [0.25, 0.3) is 0 Å². The fourth-order valence-electron chi connectivity index (χ4n) is 3.49. The molecule has 2 amide bonds. The smallest absolute Gasteiger partial charge is 0.388 e. The van der Waals surface area contributed by atoms with Crippen LogP contribution in [-0.2, 0) is 4.74 Å². The van der Waals surface area contributed by atoms with Gasteiger partial charge in [0.2, 0.25) is 5.88 Å². The van der Waals surface area contributed by atoms with Gasteiger partial charge in [0.15, 0.2) is 5.13 Å². The lowest BCUT2D eigenvalue weighted by Crippen LogP contribution is -2.46. The number of pyridine rings is 1. The molecular formula is C18H23F2N5O4S. The van der Waals surface area contributed by atoms with E-state index in [2.05, 4.69) is 20.0 Å². The average molecular weight is 443 g/mol. The number of urea groups is 1. The molecule has 4 rings (SSSR count). The summed E-state index contributed by atoms with van der Waals surface area (Å²) in [4.78, 5) is 24.6. The number of ether oxygens (including phenoxy) is 2. The molecule has 12 heteroatoms. The minimum atomic E-state index is -3.03. The number of alkyl halides is 2. The summed E-state index contributed by atoms with van der Waals surface area (Å²) in [7, 11) is 0. The van der Waals surface area contributed by atoms with Crippen molar-refractivity contribution in [3.63, 3.8) is 0 Å². The van der Waals surface area contributed by atoms with Crippen molar-refractivity contribution in [2.24, 2.45) is 0 Å². The van der Waals surface area contributed by atoms with E-state index in [1.165, 1.54) is 17.5 Å². The second-order valence-corrected chi connectivity index (χ2v) is 8.54. The van der Waals surface area contributed by atoms with Crippen LogP contribution in [0.25, 0.3) is 10.2 Å². The maximum atomic E-state index is 12.8. The Hall–Kier alpha value is -2.31. The number of nitrogens with one attached hydrogen (secondary N) is 1. The Labute approximate surface area is 175 Å². The largest absolute Gasteiger partial charge is 0.415 e. The lowest BCUT2D eigenvalue weighted by atomic mass is 9.94. The molecule has 2 saturated heterocycles. The molecule has 2 aromatic rings. The normalized spacial score (nSPS) is 19.4. The third-order valence-electron chi connectivity index (χ3n) is 5.26. The number of thiazole rings is 1. The third-order valence-corrected chi connectivity index (χ3v) is 6.25. The van der Waals surface area contributed by atoms with Gasteiger partial charge in [-0.15, -0.1) is 0 Å². The van der Waals surface area contributed by atoms with Gasteiger partial charge in [-0.3, -0.25) is 5.32 Å². The minimum Gasteiger partial charge on any atom is -0.415 e. The highest BCUT2D eigenvalue weighted by molar-refractivity contribution is 7.23. The van der Waals surface area contributed by atoms with Crippen molar-refractivity contribution >= 4 is 38.4 Å². The molecular weight excluding hydrogens is 420 g/mol. The second-order valence-electron chi connectivity index (χ2n) is 7.54. The van der Waals surface area contributed by atoms with Crippen molar-refractivity contribution in [3.05, 3.63) is 6.20 Å². The highest BCUT2D eigenvalue weighted by Gasteiger charge is 2.30. The Kier molecular flexibility index (Phi) is 5.89. The zero-order valence-corrected chi connectivity index (χ0v) is 17.3. The Balaban J connectivity index is 1.59. The molecule has 2 aliphatic heterocycles. The van der Waals surface area contributed by atoms with Crippen LogP contribution in [-0.4, -0.2) is 77.6 Å². The van der Waals surface area contributed by atoms with Gasteiger partial charge in [-0.1, -0.05) is 11.3 Å². The zero-order valence-electron chi connectivity index (χ0n) is 16.4. The molecule has 2 aromatic heterocycles. The first-order valence-electron chi connectivity index (χ1n) is 9.68. The summed E-state index contributed by atoms with van der Waals surface area (Å²) in [6, 6.07) is -0.346. The van der Waals surface area contributed by atoms with E-state index in [1.807, 2.05) is 4.90 Å². The molecule has 164 valence electrons. The number of amides is 2. The summed E-state index contributed by atoms with van der Waals surface area (Å²) in [5.74, 6) is -0.275. The highest BCUT2D eigenvalue weighted by atomic mass is 32.1. The van der Waals surface area contributed by atoms with Gasteiger partial charge >= 0.3 is 12.6 Å². The number of piperidine rings is 1. The monoisotopic (exact) mass is 443 g/mol. The predicted molar refractivity (Wildman–Crippen MR) is 108 cm³/mol. The van der Waals surface area contributed by atoms with Gasteiger partial charge < -0.3 is 24.4 Å². The number of morpholine rings is 1. The van der Waals surface area contributed by atoms with Gasteiger partial charge in [0.1, 0.15) is 5.52 Å². The molecule has 0 bridgehead atoms. The van der Waals surface area contributed by atoms with Crippen LogP contribution in [0.5, 0.6) is 5.88 Å². The summed E-state index contributed by atoms with van der Waals surface area (Å²) >= 11 is 1.18. The zero-order chi connectivity index (χ0) is 21.3. The molecule has 0 radical (unpaired) electrons. The predicted octanol–water partition coefficient (Wildman–Crippen LogP) is 2.51. The number of hydrogen-bond donors (Lipinski definition) is 2. The molecule has 0 aromatic carbocycles. The summed E-state index contributed by atoms with van der Waals surface area (Å²) < 4.78 is 36.1. The third kappa shape index (κ3) is 4.55. The molecule has 0 aliphatic carbocycles. The number of carbonyl (C=O) groups excluding carboxylic acids is 1. The van der Waals surface area contributed by atoms with Crippen molar-refractivity contribution in [2.45, 2.75) is 32.0 Å². The van der Waals surface area contributed by atoms with Crippen molar-refractivity contribution in [1.29, 1.82) is 0 Å². The van der Waals surface area contributed by atoms with Gasteiger partial charge in [-0.25, -0.2) is 14.8 Å². The Morgan fingerprint density at radius 1 is 1.33 bits per heavy atom. The summed E-state index contributed by atoms with van der Waals surface area (Å²) in [5, 5.41) is 13.1. The van der Waals surface area contributed by atoms with Crippen LogP contribution >= 0.6 is 11.3 Å².